The van der Waals surface area contributed by atoms with Gasteiger partial charge in [-0.25, -0.2) is 9.98 Å². The third-order valence-electron chi connectivity index (χ3n) is 10.1. The first-order chi connectivity index (χ1) is 25.0. The van der Waals surface area contributed by atoms with Crippen LogP contribution in [-0.4, -0.2) is 25.6 Å². The van der Waals surface area contributed by atoms with Crippen molar-refractivity contribution in [2.75, 3.05) is 25.7 Å². The number of nitrogen functional groups attached to an aromatic ring is 2. The van der Waals surface area contributed by atoms with Gasteiger partial charge in [-0.3, -0.25) is 0 Å². The molecular formula is C48H60N4O2. The van der Waals surface area contributed by atoms with Crippen molar-refractivity contribution >= 4 is 45.3 Å². The molecule has 0 fully saturated rings. The Morgan fingerprint density at radius 1 is 0.444 bits per heavy atom. The summed E-state index contributed by atoms with van der Waals surface area (Å²) in [4.78, 5) is 10.9. The highest BCUT2D eigenvalue weighted by Crippen LogP contribution is 2.43. The fraction of sp³-hybridized carbons (Fsp3) is 0.375. The minimum Gasteiger partial charge on any atom is -0.497 e. The highest BCUT2D eigenvalue weighted by Gasteiger charge is 2.28. The Morgan fingerprint density at radius 3 is 1.02 bits per heavy atom. The van der Waals surface area contributed by atoms with Crippen molar-refractivity contribution in [2.45, 2.75) is 105 Å². The van der Waals surface area contributed by atoms with Gasteiger partial charge >= 0.3 is 0 Å². The highest BCUT2D eigenvalue weighted by molar-refractivity contribution is 6.56. The summed E-state index contributed by atoms with van der Waals surface area (Å²) in [5, 5.41) is 0. The van der Waals surface area contributed by atoms with Crippen molar-refractivity contribution < 1.29 is 9.47 Å². The minimum absolute atomic E-state index is 0.122. The van der Waals surface area contributed by atoms with E-state index in [1.165, 1.54) is 11.1 Å². The molecule has 0 bridgehead atoms. The number of hydrogen-bond acceptors (Lipinski definition) is 6. The van der Waals surface area contributed by atoms with E-state index < -0.39 is 0 Å². The molecule has 4 N–H and O–H groups in total. The largest absolute Gasteiger partial charge is 0.497 e. The van der Waals surface area contributed by atoms with Gasteiger partial charge in [0.25, 0.3) is 0 Å². The maximum Gasteiger partial charge on any atom is 0.118 e. The molecule has 6 nitrogen and oxygen atoms in total. The van der Waals surface area contributed by atoms with Crippen LogP contribution in [0.1, 0.15) is 116 Å². The van der Waals surface area contributed by atoms with Gasteiger partial charge in [-0.2, -0.15) is 0 Å². The second-order valence-corrected chi connectivity index (χ2v) is 18.5. The van der Waals surface area contributed by atoms with Crippen molar-refractivity contribution in [3.63, 3.8) is 0 Å². The number of hydrogen-bond donors (Lipinski definition) is 2. The van der Waals surface area contributed by atoms with E-state index in [4.69, 9.17) is 30.9 Å². The molecule has 0 atom stereocenters. The molecule has 5 rings (SSSR count). The van der Waals surface area contributed by atoms with Crippen LogP contribution in [0, 0.1) is 0 Å². The van der Waals surface area contributed by atoms with E-state index in [9.17, 15) is 0 Å². The molecule has 0 saturated heterocycles. The lowest BCUT2D eigenvalue weighted by Gasteiger charge is -2.28. The number of methoxy groups -OCH3 is 2. The number of benzene rings is 4. The van der Waals surface area contributed by atoms with Crippen LogP contribution in [0.3, 0.4) is 0 Å². The van der Waals surface area contributed by atoms with Gasteiger partial charge in [-0.1, -0.05) is 119 Å². The molecule has 0 radical (unpaired) electrons. The fourth-order valence-corrected chi connectivity index (χ4v) is 6.60. The van der Waals surface area contributed by atoms with E-state index in [0.29, 0.717) is 34.2 Å². The van der Waals surface area contributed by atoms with Crippen LogP contribution in [0.25, 0.3) is 11.1 Å². The Balaban J connectivity index is 1.91. The molecule has 0 aromatic heterocycles. The van der Waals surface area contributed by atoms with Crippen LogP contribution in [0.2, 0.25) is 0 Å². The van der Waals surface area contributed by atoms with Crippen LogP contribution in [0.4, 0.5) is 22.7 Å². The monoisotopic (exact) mass is 724 g/mol. The van der Waals surface area contributed by atoms with Crippen molar-refractivity contribution in [3.8, 4) is 11.5 Å². The Morgan fingerprint density at radius 2 is 0.759 bits per heavy atom. The van der Waals surface area contributed by atoms with Crippen molar-refractivity contribution in [1.82, 2.24) is 0 Å². The normalized spacial score (nSPS) is 15.7. The molecule has 0 aliphatic heterocycles. The van der Waals surface area contributed by atoms with E-state index in [-0.39, 0.29) is 21.7 Å². The summed E-state index contributed by atoms with van der Waals surface area (Å²) < 4.78 is 11.1. The Bertz CT molecular complexity index is 2000. The molecule has 1 aliphatic rings. The second-order valence-electron chi connectivity index (χ2n) is 18.5. The number of rotatable bonds is 6. The van der Waals surface area contributed by atoms with Crippen molar-refractivity contribution in [1.29, 1.82) is 0 Å². The molecule has 4 aromatic rings. The van der Waals surface area contributed by atoms with Crippen LogP contribution in [0.15, 0.2) is 94.9 Å². The van der Waals surface area contributed by atoms with Gasteiger partial charge in [-0.15, -0.1) is 0 Å². The summed E-state index contributed by atoms with van der Waals surface area (Å²) in [5.41, 5.74) is 26.1. The number of nitrogens with two attached hydrogens (primary N) is 2. The third-order valence-corrected chi connectivity index (χ3v) is 10.1. The smallest absolute Gasteiger partial charge is 0.118 e. The zero-order valence-electron chi connectivity index (χ0n) is 34.9. The van der Waals surface area contributed by atoms with Crippen molar-refractivity contribution in [2.24, 2.45) is 9.98 Å². The van der Waals surface area contributed by atoms with Crippen LogP contribution in [0.5, 0.6) is 11.5 Å². The van der Waals surface area contributed by atoms with Crippen LogP contribution in [-0.2, 0) is 21.7 Å². The quantitative estimate of drug-likeness (QED) is 0.153. The SMILES string of the molecule is COc1ccc(C2=CC(=Nc3cc(C(C)(C)C)cc(C(C)(C)C)c3N)C(=Nc3cc(C(C)(C)C)cc(C(C)(C)C)c3N)C=C2c2ccc(OC)cc2)cc1. The topological polar surface area (TPSA) is 95.2 Å². The average Bonchev–Trinajstić information content (AvgIpc) is 3.08. The summed E-state index contributed by atoms with van der Waals surface area (Å²) in [5.74, 6) is 1.57. The highest BCUT2D eigenvalue weighted by atomic mass is 16.5. The number of nitrogens with zero attached hydrogens (tertiary/aromatic N) is 2. The molecular weight excluding hydrogens is 665 g/mol. The predicted molar refractivity (Wildman–Crippen MR) is 233 cm³/mol. The zero-order chi connectivity index (χ0) is 40.0. The van der Waals surface area contributed by atoms with Gasteiger partial charge < -0.3 is 20.9 Å². The zero-order valence-corrected chi connectivity index (χ0v) is 34.9. The molecule has 4 aromatic carbocycles. The molecule has 54 heavy (non-hydrogen) atoms. The van der Waals surface area contributed by atoms with E-state index in [2.05, 4.69) is 144 Å². The average molecular weight is 725 g/mol. The second kappa shape index (κ2) is 14.6. The number of allylic oxidation sites excluding steroid dienone is 4. The molecule has 6 heteroatoms. The molecule has 0 heterocycles. The summed E-state index contributed by atoms with van der Waals surface area (Å²) >= 11 is 0. The lowest BCUT2D eigenvalue weighted by molar-refractivity contribution is 0.414. The van der Waals surface area contributed by atoms with Crippen LogP contribution >= 0.6 is 0 Å². The Kier molecular flexibility index (Phi) is 10.9. The third kappa shape index (κ3) is 8.65. The van der Waals surface area contributed by atoms with Gasteiger partial charge in [0.05, 0.1) is 48.4 Å². The Labute approximate surface area is 324 Å². The molecule has 0 amide bonds. The van der Waals surface area contributed by atoms with Gasteiger partial charge in [0, 0.05) is 0 Å². The summed E-state index contributed by atoms with van der Waals surface area (Å²) in [6, 6.07) is 25.0. The maximum absolute atomic E-state index is 7.05. The van der Waals surface area contributed by atoms with Gasteiger partial charge in [-0.05, 0) is 115 Å². The van der Waals surface area contributed by atoms with Crippen LogP contribution < -0.4 is 20.9 Å². The van der Waals surface area contributed by atoms with Gasteiger partial charge in [0.2, 0.25) is 0 Å². The van der Waals surface area contributed by atoms with E-state index in [0.717, 1.165) is 44.9 Å². The Hall–Kier alpha value is -5.10. The van der Waals surface area contributed by atoms with E-state index in [1.54, 1.807) is 14.2 Å². The molecule has 284 valence electrons. The standard InChI is InChI=1S/C48H60N4O2/c1-45(2,3)31-23-37(47(7,8)9)43(49)41(25-31)51-39-27-35(29-15-19-33(53-13)20-16-29)36(30-17-21-34(54-14)22-18-30)28-40(39)52-42-26-32(46(4,5)6)24-38(44(42)50)48(10,11)12/h15-28H,49-50H2,1-14H3. The van der Waals surface area contributed by atoms with Crippen molar-refractivity contribution in [3.05, 3.63) is 118 Å². The molecule has 0 spiro atoms. The first-order valence-corrected chi connectivity index (χ1v) is 18.8. The number of aliphatic imine (C=N–C) groups is 2. The maximum atomic E-state index is 7.05. The van der Waals surface area contributed by atoms with E-state index >= 15 is 0 Å². The number of anilines is 2. The number of ether oxygens (including phenoxy) is 2. The lowest BCUT2D eigenvalue weighted by Crippen LogP contribution is -2.20. The predicted octanol–water partition coefficient (Wildman–Crippen LogP) is 12.1. The minimum atomic E-state index is -0.194. The molecule has 0 saturated carbocycles. The lowest BCUT2D eigenvalue weighted by atomic mass is 9.79. The van der Waals surface area contributed by atoms with E-state index in [1.807, 2.05) is 24.3 Å². The molecule has 0 unspecified atom stereocenters. The first-order valence-electron chi connectivity index (χ1n) is 18.8. The van der Waals surface area contributed by atoms with Gasteiger partial charge in [0.15, 0.2) is 0 Å². The summed E-state index contributed by atoms with van der Waals surface area (Å²) in [7, 11) is 3.36. The fourth-order valence-electron chi connectivity index (χ4n) is 6.60. The summed E-state index contributed by atoms with van der Waals surface area (Å²) in [6.07, 6.45) is 4.27. The molecule has 1 aliphatic carbocycles. The van der Waals surface area contributed by atoms with Gasteiger partial charge in [0.1, 0.15) is 11.5 Å². The summed E-state index contributed by atoms with van der Waals surface area (Å²) in [6.45, 7) is 26.5. The first kappa shape index (κ1) is 40.1.